The quantitative estimate of drug-likeness (QED) is 0.537. The van der Waals surface area contributed by atoms with Gasteiger partial charge in [-0.3, -0.25) is 9.59 Å². The average Bonchev–Trinajstić information content (AvgIpc) is 3.13. The lowest BCUT2D eigenvalue weighted by Crippen LogP contribution is -2.49. The molecule has 0 aliphatic heterocycles. The average molecular weight is 467 g/mol. The predicted octanol–water partition coefficient (Wildman–Crippen LogP) is 4.51. The van der Waals surface area contributed by atoms with Crippen molar-refractivity contribution in [2.75, 3.05) is 20.2 Å². The van der Waals surface area contributed by atoms with E-state index in [-0.39, 0.29) is 37.2 Å². The van der Waals surface area contributed by atoms with Crippen molar-refractivity contribution in [3.63, 3.8) is 0 Å². The van der Waals surface area contributed by atoms with Crippen molar-refractivity contribution in [2.24, 2.45) is 11.8 Å². The Bertz CT molecular complexity index is 990. The van der Waals surface area contributed by atoms with Crippen LogP contribution in [-0.4, -0.2) is 54.2 Å². The number of hydrogen-bond acceptors (Lipinski definition) is 4. The summed E-state index contributed by atoms with van der Waals surface area (Å²) in [7, 11) is 1.67. The summed E-state index contributed by atoms with van der Waals surface area (Å²) < 4.78 is 5.56. The highest BCUT2D eigenvalue weighted by Gasteiger charge is 2.30. The van der Waals surface area contributed by atoms with Gasteiger partial charge in [0.05, 0.1) is 0 Å². The number of hydrogen-bond donors (Lipinski definition) is 2. The molecule has 0 saturated heterocycles. The fraction of sp³-hybridized carbons (Fsp3) is 0.444. The highest BCUT2D eigenvalue weighted by atomic mass is 16.5. The Morgan fingerprint density at radius 3 is 2.09 bits per heavy atom. The third-order valence-electron chi connectivity index (χ3n) is 6.66. The van der Waals surface area contributed by atoms with Crippen molar-refractivity contribution in [3.8, 4) is 11.1 Å². The predicted molar refractivity (Wildman–Crippen MR) is 131 cm³/mol. The Kier molecular flexibility index (Phi) is 8.31. The first-order chi connectivity index (χ1) is 16.2. The highest BCUT2D eigenvalue weighted by molar-refractivity contribution is 5.86. The van der Waals surface area contributed by atoms with Gasteiger partial charge >= 0.3 is 12.1 Å². The van der Waals surface area contributed by atoms with E-state index < -0.39 is 18.1 Å². The molecule has 0 aromatic heterocycles. The van der Waals surface area contributed by atoms with Crippen LogP contribution >= 0.6 is 0 Å². The molecular formula is C27H34N2O5. The maximum absolute atomic E-state index is 13.0. The van der Waals surface area contributed by atoms with Crippen LogP contribution in [0.3, 0.4) is 0 Å². The lowest BCUT2D eigenvalue weighted by Gasteiger charge is -2.28. The molecule has 2 unspecified atom stereocenters. The standard InChI is InChI=1S/C27H34N2O5/c1-17(2)18(3)15-29(4)26(32)24(13-14-25(30)31)28-27(33)34-16-23-21-11-7-5-9-19(21)20-10-6-8-12-22(20)23/h5-12,17-18,23-24H,13-16H2,1-4H3,(H,28,33)(H,30,31). The van der Waals surface area contributed by atoms with E-state index in [4.69, 9.17) is 9.84 Å². The number of ether oxygens (including phenoxy) is 1. The summed E-state index contributed by atoms with van der Waals surface area (Å²) >= 11 is 0. The molecule has 1 aliphatic carbocycles. The van der Waals surface area contributed by atoms with Gasteiger partial charge in [-0.2, -0.15) is 0 Å². The van der Waals surface area contributed by atoms with Gasteiger partial charge in [0.15, 0.2) is 0 Å². The Hall–Kier alpha value is -3.35. The van der Waals surface area contributed by atoms with E-state index in [9.17, 15) is 14.4 Å². The molecule has 0 heterocycles. The zero-order chi connectivity index (χ0) is 24.8. The molecule has 2 atom stereocenters. The van der Waals surface area contributed by atoms with Crippen molar-refractivity contribution in [3.05, 3.63) is 59.7 Å². The summed E-state index contributed by atoms with van der Waals surface area (Å²) in [6, 6.07) is 15.1. The monoisotopic (exact) mass is 466 g/mol. The minimum atomic E-state index is -1.02. The maximum atomic E-state index is 13.0. The van der Waals surface area contributed by atoms with Crippen LogP contribution in [0.25, 0.3) is 11.1 Å². The molecule has 2 aromatic carbocycles. The van der Waals surface area contributed by atoms with Gasteiger partial charge in [0.25, 0.3) is 0 Å². The normalized spacial score (nSPS) is 14.1. The summed E-state index contributed by atoms with van der Waals surface area (Å²) in [5.41, 5.74) is 4.44. The van der Waals surface area contributed by atoms with Crippen molar-refractivity contribution in [1.82, 2.24) is 10.2 Å². The molecule has 0 bridgehead atoms. The molecule has 34 heavy (non-hydrogen) atoms. The summed E-state index contributed by atoms with van der Waals surface area (Å²) in [6.07, 6.45) is -0.956. The van der Waals surface area contributed by atoms with Gasteiger partial charge in [0, 0.05) is 25.9 Å². The second-order valence-corrected chi connectivity index (χ2v) is 9.39. The third-order valence-corrected chi connectivity index (χ3v) is 6.66. The number of carboxylic acids is 1. The molecule has 0 radical (unpaired) electrons. The first-order valence-corrected chi connectivity index (χ1v) is 11.8. The Balaban J connectivity index is 1.66. The largest absolute Gasteiger partial charge is 0.481 e. The molecule has 3 rings (SSSR count). The molecule has 0 saturated carbocycles. The van der Waals surface area contributed by atoms with Gasteiger partial charge in [0.1, 0.15) is 12.6 Å². The van der Waals surface area contributed by atoms with Crippen molar-refractivity contribution >= 4 is 18.0 Å². The van der Waals surface area contributed by atoms with Gasteiger partial charge < -0.3 is 20.1 Å². The van der Waals surface area contributed by atoms with Crippen LogP contribution in [-0.2, 0) is 14.3 Å². The molecule has 182 valence electrons. The second kappa shape index (κ2) is 11.2. The number of nitrogens with zero attached hydrogens (tertiary/aromatic N) is 1. The zero-order valence-corrected chi connectivity index (χ0v) is 20.3. The van der Waals surface area contributed by atoms with Crippen molar-refractivity contribution in [1.29, 1.82) is 0 Å². The number of aliphatic carboxylic acids is 1. The summed E-state index contributed by atoms with van der Waals surface area (Å²) in [5.74, 6) is -0.778. The van der Waals surface area contributed by atoms with Crippen molar-refractivity contribution < 1.29 is 24.2 Å². The number of alkyl carbamates (subject to hydrolysis) is 1. The van der Waals surface area contributed by atoms with Crippen molar-refractivity contribution in [2.45, 2.75) is 45.6 Å². The Morgan fingerprint density at radius 2 is 1.56 bits per heavy atom. The second-order valence-electron chi connectivity index (χ2n) is 9.39. The minimum Gasteiger partial charge on any atom is -0.481 e. The number of rotatable bonds is 10. The van der Waals surface area contributed by atoms with Crippen LogP contribution in [0.2, 0.25) is 0 Å². The minimum absolute atomic E-state index is 0.00123. The fourth-order valence-electron chi connectivity index (χ4n) is 4.31. The summed E-state index contributed by atoms with van der Waals surface area (Å²) in [5, 5.41) is 11.7. The van der Waals surface area contributed by atoms with Crippen LogP contribution in [0.5, 0.6) is 0 Å². The zero-order valence-electron chi connectivity index (χ0n) is 20.3. The molecule has 2 N–H and O–H groups in total. The smallest absolute Gasteiger partial charge is 0.407 e. The van der Waals surface area contributed by atoms with Gasteiger partial charge in [-0.15, -0.1) is 0 Å². The maximum Gasteiger partial charge on any atom is 0.407 e. The van der Waals surface area contributed by atoms with E-state index in [2.05, 4.69) is 38.2 Å². The molecule has 0 spiro atoms. The number of likely N-dealkylation sites (N-methyl/N-ethyl adjacent to an activating group) is 1. The Labute approximate surface area is 201 Å². The molecule has 7 heteroatoms. The molecule has 2 aromatic rings. The number of nitrogens with one attached hydrogen (secondary N) is 1. The van der Waals surface area contributed by atoms with Crippen LogP contribution in [0.4, 0.5) is 4.79 Å². The first-order valence-electron chi connectivity index (χ1n) is 11.8. The van der Waals surface area contributed by atoms with E-state index in [0.717, 1.165) is 22.3 Å². The topological polar surface area (TPSA) is 95.9 Å². The van der Waals surface area contributed by atoms with Crippen LogP contribution < -0.4 is 5.32 Å². The van der Waals surface area contributed by atoms with Gasteiger partial charge in [-0.1, -0.05) is 69.3 Å². The molecular weight excluding hydrogens is 432 g/mol. The molecule has 7 nitrogen and oxygen atoms in total. The van der Waals surface area contributed by atoms with Crippen LogP contribution in [0.1, 0.15) is 50.7 Å². The number of benzene rings is 2. The van der Waals surface area contributed by atoms with E-state index in [1.165, 1.54) is 0 Å². The fourth-order valence-corrected chi connectivity index (χ4v) is 4.31. The van der Waals surface area contributed by atoms with E-state index in [1.54, 1.807) is 11.9 Å². The van der Waals surface area contributed by atoms with Crippen LogP contribution in [0.15, 0.2) is 48.5 Å². The summed E-state index contributed by atoms with van der Waals surface area (Å²) in [4.78, 5) is 38.4. The number of amides is 2. The third kappa shape index (κ3) is 5.95. The number of fused-ring (bicyclic) bond motifs is 3. The SMILES string of the molecule is CC(C)C(C)CN(C)C(=O)C(CCC(=O)O)NC(=O)OCC1c2ccccc2-c2ccccc21. The van der Waals surface area contributed by atoms with E-state index >= 15 is 0 Å². The number of carbonyl (C=O) groups excluding carboxylic acids is 2. The molecule has 0 fully saturated rings. The van der Waals surface area contributed by atoms with E-state index in [1.807, 2.05) is 36.4 Å². The van der Waals surface area contributed by atoms with Gasteiger partial charge in [0.2, 0.25) is 5.91 Å². The number of carbonyl (C=O) groups is 3. The lowest BCUT2D eigenvalue weighted by molar-refractivity contribution is -0.138. The molecule has 1 aliphatic rings. The lowest BCUT2D eigenvalue weighted by atomic mass is 9.97. The van der Waals surface area contributed by atoms with Crippen LogP contribution in [0, 0.1) is 11.8 Å². The number of carboxylic acid groups (broad SMARTS) is 1. The van der Waals surface area contributed by atoms with Gasteiger partial charge in [-0.05, 0) is 40.5 Å². The first kappa shape index (κ1) is 25.3. The highest BCUT2D eigenvalue weighted by Crippen LogP contribution is 2.44. The summed E-state index contributed by atoms with van der Waals surface area (Å²) in [6.45, 7) is 6.87. The van der Waals surface area contributed by atoms with E-state index in [0.29, 0.717) is 12.5 Å². The van der Waals surface area contributed by atoms with Gasteiger partial charge in [-0.25, -0.2) is 4.79 Å². The molecule has 2 amide bonds. The Morgan fingerprint density at radius 1 is 1.00 bits per heavy atom.